The molecule has 0 spiro atoms. The Labute approximate surface area is 72.0 Å². The van der Waals surface area contributed by atoms with Gasteiger partial charge in [0.2, 0.25) is 0 Å². The van der Waals surface area contributed by atoms with Crippen molar-refractivity contribution in [2.24, 2.45) is 0 Å². The molecule has 3 heteroatoms. The highest BCUT2D eigenvalue weighted by molar-refractivity contribution is 5.35. The maximum atomic E-state index is 5.62. The van der Waals surface area contributed by atoms with Crippen molar-refractivity contribution in [2.45, 2.75) is 31.6 Å². The molecule has 0 aliphatic heterocycles. The minimum Gasteiger partial charge on any atom is -0.397 e. The first-order valence-electron chi connectivity index (χ1n) is 4.44. The molecule has 64 valence electrons. The molecule has 12 heavy (non-hydrogen) atoms. The van der Waals surface area contributed by atoms with Crippen molar-refractivity contribution in [1.29, 1.82) is 0 Å². The minimum absolute atomic E-state index is 0.612. The summed E-state index contributed by atoms with van der Waals surface area (Å²) in [5.74, 6) is 0.612. The molecule has 1 aliphatic carbocycles. The first-order chi connectivity index (χ1) is 5.86. The predicted molar refractivity (Wildman–Crippen MR) is 47.7 cm³/mol. The molecule has 0 saturated heterocycles. The number of hydrogen-bond donors (Lipinski definition) is 1. The Balaban J connectivity index is 2.21. The van der Waals surface area contributed by atoms with E-state index in [-0.39, 0.29) is 0 Å². The van der Waals surface area contributed by atoms with Gasteiger partial charge in [-0.05, 0) is 18.9 Å². The molecule has 1 aromatic rings. The van der Waals surface area contributed by atoms with E-state index in [0.717, 1.165) is 11.4 Å². The minimum atomic E-state index is 0.612. The quantitative estimate of drug-likeness (QED) is 0.685. The molecule has 1 heterocycles. The van der Waals surface area contributed by atoms with Crippen LogP contribution in [0.15, 0.2) is 12.3 Å². The van der Waals surface area contributed by atoms with Gasteiger partial charge in [-0.1, -0.05) is 12.8 Å². The van der Waals surface area contributed by atoms with Crippen molar-refractivity contribution >= 4 is 5.69 Å². The molecule has 1 saturated carbocycles. The number of nitrogen functional groups attached to an aromatic ring is 1. The smallest absolute Gasteiger partial charge is 0.0726 e. The zero-order chi connectivity index (χ0) is 8.39. The lowest BCUT2D eigenvalue weighted by molar-refractivity contribution is 0.681. The van der Waals surface area contributed by atoms with Gasteiger partial charge in [-0.3, -0.25) is 0 Å². The van der Waals surface area contributed by atoms with Crippen LogP contribution in [0.2, 0.25) is 0 Å². The first kappa shape index (κ1) is 7.53. The van der Waals surface area contributed by atoms with Crippen LogP contribution in [0.1, 0.15) is 37.3 Å². The standard InChI is InChI=1S/C9H13N3/c10-8-5-9(12-11-6-8)7-3-1-2-4-7/h5-7H,1-4H2,(H2,10,12). The topological polar surface area (TPSA) is 51.8 Å². The van der Waals surface area contributed by atoms with Crippen LogP contribution in [0, 0.1) is 0 Å². The van der Waals surface area contributed by atoms with E-state index < -0.39 is 0 Å². The molecule has 1 aromatic heterocycles. The van der Waals surface area contributed by atoms with Crippen molar-refractivity contribution < 1.29 is 0 Å². The van der Waals surface area contributed by atoms with Gasteiger partial charge in [-0.2, -0.15) is 10.2 Å². The zero-order valence-corrected chi connectivity index (χ0v) is 7.03. The number of anilines is 1. The fourth-order valence-electron chi connectivity index (χ4n) is 1.82. The number of nitrogens with two attached hydrogens (primary N) is 1. The average molecular weight is 163 g/mol. The molecule has 0 unspecified atom stereocenters. The summed E-state index contributed by atoms with van der Waals surface area (Å²) in [6, 6.07) is 1.95. The van der Waals surface area contributed by atoms with Crippen LogP contribution in [0.5, 0.6) is 0 Å². The molecular formula is C9H13N3. The lowest BCUT2D eigenvalue weighted by Gasteiger charge is -2.06. The predicted octanol–water partition coefficient (Wildman–Crippen LogP) is 1.72. The zero-order valence-electron chi connectivity index (χ0n) is 7.03. The summed E-state index contributed by atoms with van der Waals surface area (Å²) < 4.78 is 0. The van der Waals surface area contributed by atoms with Gasteiger partial charge in [0.05, 0.1) is 17.6 Å². The van der Waals surface area contributed by atoms with Crippen LogP contribution in [0.25, 0.3) is 0 Å². The summed E-state index contributed by atoms with van der Waals surface area (Å²) in [5.41, 5.74) is 7.43. The third-order valence-corrected chi connectivity index (χ3v) is 2.47. The van der Waals surface area contributed by atoms with Crippen molar-refractivity contribution in [1.82, 2.24) is 10.2 Å². The van der Waals surface area contributed by atoms with Gasteiger partial charge in [0.25, 0.3) is 0 Å². The van der Waals surface area contributed by atoms with Crippen LogP contribution in [0.3, 0.4) is 0 Å². The average Bonchev–Trinajstić information content (AvgIpc) is 2.56. The molecule has 1 aliphatic rings. The maximum Gasteiger partial charge on any atom is 0.0726 e. The fourth-order valence-corrected chi connectivity index (χ4v) is 1.82. The van der Waals surface area contributed by atoms with E-state index in [4.69, 9.17) is 5.73 Å². The van der Waals surface area contributed by atoms with E-state index in [1.807, 2.05) is 6.07 Å². The van der Waals surface area contributed by atoms with Gasteiger partial charge >= 0.3 is 0 Å². The molecule has 0 atom stereocenters. The van der Waals surface area contributed by atoms with Crippen molar-refractivity contribution in [3.63, 3.8) is 0 Å². The highest BCUT2D eigenvalue weighted by atomic mass is 15.1. The van der Waals surface area contributed by atoms with Crippen molar-refractivity contribution in [2.75, 3.05) is 5.73 Å². The second-order valence-electron chi connectivity index (χ2n) is 3.40. The number of nitrogens with zero attached hydrogens (tertiary/aromatic N) is 2. The molecule has 0 radical (unpaired) electrons. The van der Waals surface area contributed by atoms with Crippen LogP contribution in [-0.2, 0) is 0 Å². The molecular weight excluding hydrogens is 150 g/mol. The molecule has 0 bridgehead atoms. The summed E-state index contributed by atoms with van der Waals surface area (Å²) in [7, 11) is 0. The monoisotopic (exact) mass is 163 g/mol. The number of rotatable bonds is 1. The number of aromatic nitrogens is 2. The lowest BCUT2D eigenvalue weighted by atomic mass is 10.0. The van der Waals surface area contributed by atoms with E-state index in [2.05, 4.69) is 10.2 Å². The highest BCUT2D eigenvalue weighted by Gasteiger charge is 2.18. The first-order valence-corrected chi connectivity index (χ1v) is 4.44. The molecule has 0 aromatic carbocycles. The van der Waals surface area contributed by atoms with Gasteiger partial charge in [-0.15, -0.1) is 0 Å². The Hall–Kier alpha value is -1.12. The van der Waals surface area contributed by atoms with E-state index in [9.17, 15) is 0 Å². The second-order valence-corrected chi connectivity index (χ2v) is 3.40. The maximum absolute atomic E-state index is 5.62. The van der Waals surface area contributed by atoms with Crippen molar-refractivity contribution in [3.05, 3.63) is 18.0 Å². The van der Waals surface area contributed by atoms with Crippen LogP contribution < -0.4 is 5.73 Å². The van der Waals surface area contributed by atoms with Crippen molar-refractivity contribution in [3.8, 4) is 0 Å². The summed E-state index contributed by atoms with van der Waals surface area (Å²) >= 11 is 0. The largest absolute Gasteiger partial charge is 0.397 e. The summed E-state index contributed by atoms with van der Waals surface area (Å²) in [5, 5.41) is 7.95. The molecule has 1 fully saturated rings. The summed E-state index contributed by atoms with van der Waals surface area (Å²) in [4.78, 5) is 0. The fraction of sp³-hybridized carbons (Fsp3) is 0.556. The number of hydrogen-bond acceptors (Lipinski definition) is 3. The Bertz CT molecular complexity index is 266. The van der Waals surface area contributed by atoms with Gasteiger partial charge in [0.15, 0.2) is 0 Å². The normalized spacial score (nSPS) is 18.3. The Kier molecular flexibility index (Phi) is 1.94. The third kappa shape index (κ3) is 1.40. The van der Waals surface area contributed by atoms with Gasteiger partial charge in [-0.25, -0.2) is 0 Å². The van der Waals surface area contributed by atoms with Crippen LogP contribution in [0.4, 0.5) is 5.69 Å². The van der Waals surface area contributed by atoms with Gasteiger partial charge in [0.1, 0.15) is 0 Å². The molecule has 3 nitrogen and oxygen atoms in total. The molecule has 2 rings (SSSR count). The van der Waals surface area contributed by atoms with E-state index >= 15 is 0 Å². The molecule has 2 N–H and O–H groups in total. The second kappa shape index (κ2) is 3.09. The Morgan fingerprint density at radius 1 is 1.33 bits per heavy atom. The van der Waals surface area contributed by atoms with E-state index in [1.54, 1.807) is 6.20 Å². The highest BCUT2D eigenvalue weighted by Crippen LogP contribution is 2.32. The van der Waals surface area contributed by atoms with E-state index in [0.29, 0.717) is 5.92 Å². The Morgan fingerprint density at radius 3 is 2.75 bits per heavy atom. The SMILES string of the molecule is Nc1cnnc(C2CCCC2)c1. The third-order valence-electron chi connectivity index (χ3n) is 2.47. The summed E-state index contributed by atoms with van der Waals surface area (Å²) in [6.07, 6.45) is 6.73. The van der Waals surface area contributed by atoms with Gasteiger partial charge in [0, 0.05) is 5.92 Å². The van der Waals surface area contributed by atoms with Gasteiger partial charge < -0.3 is 5.73 Å². The van der Waals surface area contributed by atoms with E-state index in [1.165, 1.54) is 25.7 Å². The molecule has 0 amide bonds. The lowest BCUT2D eigenvalue weighted by Crippen LogP contribution is -1.99. The van der Waals surface area contributed by atoms with Crippen LogP contribution >= 0.6 is 0 Å². The van der Waals surface area contributed by atoms with Crippen LogP contribution in [-0.4, -0.2) is 10.2 Å². The Morgan fingerprint density at radius 2 is 2.08 bits per heavy atom. The summed E-state index contributed by atoms with van der Waals surface area (Å²) in [6.45, 7) is 0.